The first-order valence-electron chi connectivity index (χ1n) is 8.39. The minimum Gasteiger partial charge on any atom is -0.481 e. The number of carbonyl (C=O) groups is 2. The highest BCUT2D eigenvalue weighted by Gasteiger charge is 2.23. The highest BCUT2D eigenvalue weighted by molar-refractivity contribution is 6.42. The van der Waals surface area contributed by atoms with E-state index in [1.54, 1.807) is 6.07 Å². The van der Waals surface area contributed by atoms with Crippen molar-refractivity contribution >= 4 is 35.1 Å². The summed E-state index contributed by atoms with van der Waals surface area (Å²) in [6.45, 7) is 1.48. The van der Waals surface area contributed by atoms with Gasteiger partial charge in [-0.15, -0.1) is 0 Å². The fourth-order valence-corrected chi connectivity index (χ4v) is 3.47. The van der Waals surface area contributed by atoms with Crippen molar-refractivity contribution in [1.82, 2.24) is 4.90 Å². The summed E-state index contributed by atoms with van der Waals surface area (Å²) in [5.74, 6) is -0.288. The van der Waals surface area contributed by atoms with Gasteiger partial charge in [0.25, 0.3) is 0 Å². The van der Waals surface area contributed by atoms with E-state index in [0.29, 0.717) is 35.3 Å². The normalized spacial score (nSPS) is 17.8. The minimum absolute atomic E-state index is 0.162. The molecular formula is C18H23Cl2NO3. The van der Waals surface area contributed by atoms with Crippen molar-refractivity contribution < 1.29 is 14.7 Å². The molecule has 1 amide bonds. The number of carbonyl (C=O) groups excluding carboxylic acids is 1. The molecule has 0 aromatic heterocycles. The quantitative estimate of drug-likeness (QED) is 0.771. The number of nitrogens with zero attached hydrogens (tertiary/aromatic N) is 1. The first-order chi connectivity index (χ1) is 11.5. The lowest BCUT2D eigenvalue weighted by Crippen LogP contribution is -2.40. The molecule has 1 N–H and O–H groups in total. The summed E-state index contributed by atoms with van der Waals surface area (Å²) >= 11 is 11.9. The third kappa shape index (κ3) is 5.99. The Kier molecular flexibility index (Phi) is 7.38. The molecule has 1 atom stereocenters. The van der Waals surface area contributed by atoms with Gasteiger partial charge < -0.3 is 10.0 Å². The molecule has 0 radical (unpaired) electrons. The topological polar surface area (TPSA) is 57.6 Å². The number of aryl methyl sites for hydroxylation is 1. The Hall–Kier alpha value is -1.26. The average Bonchev–Trinajstić information content (AvgIpc) is 2.56. The predicted molar refractivity (Wildman–Crippen MR) is 95.6 cm³/mol. The Labute approximate surface area is 152 Å². The van der Waals surface area contributed by atoms with E-state index in [-0.39, 0.29) is 12.3 Å². The zero-order chi connectivity index (χ0) is 17.5. The van der Waals surface area contributed by atoms with Crippen LogP contribution in [0, 0.1) is 5.92 Å². The van der Waals surface area contributed by atoms with E-state index in [9.17, 15) is 9.59 Å². The molecular weight excluding hydrogens is 349 g/mol. The van der Waals surface area contributed by atoms with Crippen LogP contribution in [0.5, 0.6) is 0 Å². The van der Waals surface area contributed by atoms with E-state index >= 15 is 0 Å². The Bertz CT molecular complexity index is 592. The standard InChI is InChI=1S/C18H23Cl2NO3/c19-15-8-6-13(11-16(15)20)3-1-5-17(22)21-10-2-4-14(12-21)7-9-18(23)24/h6,8,11,14H,1-5,7,9-10,12H2,(H,23,24). The largest absolute Gasteiger partial charge is 0.481 e. The number of rotatable bonds is 7. The summed E-state index contributed by atoms with van der Waals surface area (Å²) in [5, 5.41) is 9.86. The number of amides is 1. The fraction of sp³-hybridized carbons (Fsp3) is 0.556. The van der Waals surface area contributed by atoms with Crippen LogP contribution in [0.4, 0.5) is 0 Å². The van der Waals surface area contributed by atoms with Gasteiger partial charge in [-0.25, -0.2) is 0 Å². The summed E-state index contributed by atoms with van der Waals surface area (Å²) in [7, 11) is 0. The third-order valence-electron chi connectivity index (χ3n) is 4.48. The van der Waals surface area contributed by atoms with Gasteiger partial charge in [0.05, 0.1) is 10.0 Å². The first kappa shape index (κ1) is 19.1. The van der Waals surface area contributed by atoms with Crippen LogP contribution in [0.15, 0.2) is 18.2 Å². The smallest absolute Gasteiger partial charge is 0.303 e. The summed E-state index contributed by atoms with van der Waals surface area (Å²) in [5.41, 5.74) is 1.08. The Morgan fingerprint density at radius 3 is 2.71 bits per heavy atom. The number of aliphatic carboxylic acids is 1. The molecule has 2 rings (SSSR count). The van der Waals surface area contributed by atoms with Crippen LogP contribution in [-0.2, 0) is 16.0 Å². The lowest BCUT2D eigenvalue weighted by atomic mass is 9.93. The summed E-state index contributed by atoms with van der Waals surface area (Å²) < 4.78 is 0. The number of halogens is 2. The Morgan fingerprint density at radius 1 is 1.21 bits per heavy atom. The fourth-order valence-electron chi connectivity index (χ4n) is 3.15. The molecule has 1 aromatic carbocycles. The Balaban J connectivity index is 1.75. The van der Waals surface area contributed by atoms with Gasteiger partial charge in [-0.2, -0.15) is 0 Å². The van der Waals surface area contributed by atoms with Crippen LogP contribution < -0.4 is 0 Å². The van der Waals surface area contributed by atoms with Gasteiger partial charge in [0.2, 0.25) is 5.91 Å². The van der Waals surface area contributed by atoms with Gasteiger partial charge in [-0.3, -0.25) is 9.59 Å². The maximum atomic E-state index is 12.4. The second-order valence-electron chi connectivity index (χ2n) is 6.38. The van der Waals surface area contributed by atoms with Crippen molar-refractivity contribution in [2.45, 2.75) is 44.9 Å². The maximum absolute atomic E-state index is 12.4. The zero-order valence-corrected chi connectivity index (χ0v) is 15.2. The summed E-state index contributed by atoms with van der Waals surface area (Å²) in [6.07, 6.45) is 4.88. The van der Waals surface area contributed by atoms with Crippen LogP contribution in [0.1, 0.15) is 44.1 Å². The van der Waals surface area contributed by atoms with Crippen molar-refractivity contribution in [3.63, 3.8) is 0 Å². The van der Waals surface area contributed by atoms with E-state index < -0.39 is 5.97 Å². The zero-order valence-electron chi connectivity index (χ0n) is 13.6. The van der Waals surface area contributed by atoms with Gasteiger partial charge >= 0.3 is 5.97 Å². The number of piperidine rings is 1. The summed E-state index contributed by atoms with van der Waals surface area (Å²) in [4.78, 5) is 24.9. The molecule has 4 nitrogen and oxygen atoms in total. The molecule has 1 aliphatic rings. The molecule has 132 valence electrons. The molecule has 1 saturated heterocycles. The van der Waals surface area contributed by atoms with E-state index in [1.165, 1.54) is 0 Å². The molecule has 0 saturated carbocycles. The van der Waals surface area contributed by atoms with E-state index in [4.69, 9.17) is 28.3 Å². The minimum atomic E-state index is -0.764. The van der Waals surface area contributed by atoms with E-state index in [0.717, 1.165) is 37.8 Å². The SMILES string of the molecule is O=C(O)CCC1CCCN(C(=O)CCCc2ccc(Cl)c(Cl)c2)C1. The van der Waals surface area contributed by atoms with Crippen LogP contribution in [0.2, 0.25) is 10.0 Å². The van der Waals surface area contributed by atoms with Gasteiger partial charge in [-0.05, 0) is 55.7 Å². The molecule has 1 unspecified atom stereocenters. The monoisotopic (exact) mass is 371 g/mol. The van der Waals surface area contributed by atoms with Crippen molar-refractivity contribution in [2.75, 3.05) is 13.1 Å². The first-order valence-corrected chi connectivity index (χ1v) is 9.15. The predicted octanol–water partition coefficient (Wildman–Crippen LogP) is 4.42. The van der Waals surface area contributed by atoms with Crippen LogP contribution in [0.3, 0.4) is 0 Å². The van der Waals surface area contributed by atoms with Crippen molar-refractivity contribution in [1.29, 1.82) is 0 Å². The molecule has 6 heteroatoms. The molecule has 0 spiro atoms. The van der Waals surface area contributed by atoms with Crippen LogP contribution in [0.25, 0.3) is 0 Å². The molecule has 1 heterocycles. The number of hydrogen-bond donors (Lipinski definition) is 1. The van der Waals surface area contributed by atoms with E-state index in [2.05, 4.69) is 0 Å². The second-order valence-corrected chi connectivity index (χ2v) is 7.20. The van der Waals surface area contributed by atoms with Crippen molar-refractivity contribution in [3.8, 4) is 0 Å². The van der Waals surface area contributed by atoms with Gasteiger partial charge in [0.1, 0.15) is 0 Å². The molecule has 1 aromatic rings. The molecule has 0 aliphatic carbocycles. The highest BCUT2D eigenvalue weighted by atomic mass is 35.5. The van der Waals surface area contributed by atoms with Crippen molar-refractivity contribution in [2.24, 2.45) is 5.92 Å². The van der Waals surface area contributed by atoms with Crippen molar-refractivity contribution in [3.05, 3.63) is 33.8 Å². The van der Waals surface area contributed by atoms with Crippen LogP contribution in [-0.4, -0.2) is 35.0 Å². The molecule has 0 bridgehead atoms. The van der Waals surface area contributed by atoms with Gasteiger partial charge in [-0.1, -0.05) is 29.3 Å². The maximum Gasteiger partial charge on any atom is 0.303 e. The Morgan fingerprint density at radius 2 is 2.00 bits per heavy atom. The summed E-state index contributed by atoms with van der Waals surface area (Å²) in [6, 6.07) is 5.55. The van der Waals surface area contributed by atoms with Gasteiger partial charge in [0.15, 0.2) is 0 Å². The molecule has 24 heavy (non-hydrogen) atoms. The van der Waals surface area contributed by atoms with Crippen LogP contribution >= 0.6 is 23.2 Å². The second kappa shape index (κ2) is 9.28. The highest BCUT2D eigenvalue weighted by Crippen LogP contribution is 2.24. The number of likely N-dealkylation sites (tertiary alicyclic amines) is 1. The third-order valence-corrected chi connectivity index (χ3v) is 5.22. The lowest BCUT2D eigenvalue weighted by molar-refractivity contribution is -0.137. The van der Waals surface area contributed by atoms with E-state index in [1.807, 2.05) is 17.0 Å². The lowest BCUT2D eigenvalue weighted by Gasteiger charge is -2.32. The molecule has 1 fully saturated rings. The number of hydrogen-bond acceptors (Lipinski definition) is 2. The number of carboxylic acid groups (broad SMARTS) is 1. The number of benzene rings is 1. The van der Waals surface area contributed by atoms with Gasteiger partial charge in [0, 0.05) is 25.9 Å². The molecule has 1 aliphatic heterocycles. The average molecular weight is 372 g/mol. The number of carboxylic acids is 1.